The largest absolute Gasteiger partial charge is 0.466 e. The summed E-state index contributed by atoms with van der Waals surface area (Å²) in [5.41, 5.74) is 2.24. The van der Waals surface area contributed by atoms with Crippen LogP contribution in [0.1, 0.15) is 5.56 Å². The summed E-state index contributed by atoms with van der Waals surface area (Å²) < 4.78 is 4.48. The van der Waals surface area contributed by atoms with Crippen molar-refractivity contribution in [3.8, 4) is 0 Å². The number of esters is 1. The maximum absolute atomic E-state index is 10.8. The van der Waals surface area contributed by atoms with Gasteiger partial charge in [0.1, 0.15) is 6.04 Å². The van der Waals surface area contributed by atoms with Gasteiger partial charge in [0.05, 0.1) is 12.8 Å². The van der Waals surface area contributed by atoms with Crippen molar-refractivity contribution in [1.29, 1.82) is 0 Å². The predicted molar refractivity (Wildman–Crippen MR) is 67.1 cm³/mol. The zero-order valence-corrected chi connectivity index (χ0v) is 9.54. The van der Waals surface area contributed by atoms with Crippen LogP contribution in [0.2, 0.25) is 0 Å². The van der Waals surface area contributed by atoms with E-state index in [0.717, 1.165) is 11.3 Å². The number of rotatable bonds is 4. The number of hydrogen-bond acceptors (Lipinski definition) is 3. The molecule has 0 aromatic heterocycles. The smallest absolute Gasteiger partial charge is 0.330 e. The Kier molecular flexibility index (Phi) is 3.50. The van der Waals surface area contributed by atoms with Gasteiger partial charge in [-0.05, 0) is 5.56 Å². The fourth-order valence-electron chi connectivity index (χ4n) is 1.47. The fourth-order valence-corrected chi connectivity index (χ4v) is 1.47. The van der Waals surface area contributed by atoms with Crippen LogP contribution in [0, 0.1) is 0 Å². The van der Waals surface area contributed by atoms with Gasteiger partial charge in [-0.15, -0.1) is 0 Å². The molecule has 0 amide bonds. The molecule has 1 unspecified atom stereocenters. The van der Waals surface area contributed by atoms with Gasteiger partial charge in [0.25, 0.3) is 0 Å². The van der Waals surface area contributed by atoms with Gasteiger partial charge in [-0.25, -0.2) is 4.79 Å². The van der Waals surface area contributed by atoms with E-state index in [1.807, 2.05) is 36.4 Å². The van der Waals surface area contributed by atoms with E-state index in [1.54, 1.807) is 12.2 Å². The molecule has 1 aromatic carbocycles. The quantitative estimate of drug-likeness (QED) is 0.449. The molecule has 2 rings (SSSR count). The molecule has 0 bridgehead atoms. The van der Waals surface area contributed by atoms with Gasteiger partial charge in [-0.1, -0.05) is 48.6 Å². The molecule has 1 aromatic rings. The second-order valence-corrected chi connectivity index (χ2v) is 3.59. The highest BCUT2D eigenvalue weighted by Crippen LogP contribution is 2.20. The van der Waals surface area contributed by atoms with Crippen molar-refractivity contribution >= 4 is 11.7 Å². The molecule has 17 heavy (non-hydrogen) atoms. The third-order valence-electron chi connectivity index (χ3n) is 2.40. The van der Waals surface area contributed by atoms with Crippen LogP contribution in [0.4, 0.5) is 0 Å². The molecule has 0 saturated heterocycles. The Labute approximate surface area is 100 Å². The van der Waals surface area contributed by atoms with Crippen molar-refractivity contribution in [1.82, 2.24) is 0 Å². The van der Waals surface area contributed by atoms with Crippen LogP contribution < -0.4 is 0 Å². The fraction of sp³-hybridized carbons (Fsp3) is 0.143. The Hall–Kier alpha value is -2.16. The number of benzene rings is 1. The van der Waals surface area contributed by atoms with E-state index in [-0.39, 0.29) is 12.0 Å². The third kappa shape index (κ3) is 3.14. The molecule has 1 atom stereocenters. The van der Waals surface area contributed by atoms with Crippen LogP contribution in [0.25, 0.3) is 0 Å². The first-order chi connectivity index (χ1) is 8.31. The number of ether oxygens (including phenoxy) is 1. The molecule has 0 radical (unpaired) electrons. The molecule has 1 heterocycles. The first-order valence-corrected chi connectivity index (χ1v) is 5.37. The second-order valence-electron chi connectivity index (χ2n) is 3.59. The van der Waals surface area contributed by atoms with E-state index in [4.69, 9.17) is 0 Å². The van der Waals surface area contributed by atoms with Crippen LogP contribution in [0.15, 0.2) is 59.6 Å². The summed E-state index contributed by atoms with van der Waals surface area (Å²) >= 11 is 0. The van der Waals surface area contributed by atoms with Crippen molar-refractivity contribution in [2.24, 2.45) is 4.99 Å². The van der Waals surface area contributed by atoms with Crippen LogP contribution in [0.3, 0.4) is 0 Å². The molecule has 1 aliphatic heterocycles. The predicted octanol–water partition coefficient (Wildman–Crippen LogP) is 2.14. The highest BCUT2D eigenvalue weighted by molar-refractivity contribution is 6.14. The van der Waals surface area contributed by atoms with E-state index < -0.39 is 0 Å². The van der Waals surface area contributed by atoms with Crippen molar-refractivity contribution in [3.63, 3.8) is 0 Å². The van der Waals surface area contributed by atoms with Crippen LogP contribution in [-0.4, -0.2) is 24.8 Å². The van der Waals surface area contributed by atoms with E-state index in [9.17, 15) is 4.79 Å². The van der Waals surface area contributed by atoms with Crippen LogP contribution in [0.5, 0.6) is 0 Å². The molecule has 3 nitrogen and oxygen atoms in total. The molecular weight excluding hydrogens is 214 g/mol. The monoisotopic (exact) mass is 227 g/mol. The van der Waals surface area contributed by atoms with Gasteiger partial charge >= 0.3 is 5.97 Å². The standard InChI is InChI=1S/C14H13NO2/c1-17-13(16)10-6-5-9-12-14(15-12)11-7-3-2-4-8-11/h2-10,12H,1H3/b9-5+,10-6+. The molecule has 0 aliphatic carbocycles. The Bertz CT molecular complexity index is 486. The summed E-state index contributed by atoms with van der Waals surface area (Å²) in [4.78, 5) is 15.1. The van der Waals surface area contributed by atoms with E-state index >= 15 is 0 Å². The summed E-state index contributed by atoms with van der Waals surface area (Å²) in [6.07, 6.45) is 6.78. The topological polar surface area (TPSA) is 38.7 Å². The highest BCUT2D eigenvalue weighted by atomic mass is 16.5. The Morgan fingerprint density at radius 1 is 1.29 bits per heavy atom. The zero-order valence-electron chi connectivity index (χ0n) is 9.54. The van der Waals surface area contributed by atoms with Crippen LogP contribution >= 0.6 is 0 Å². The molecule has 0 fully saturated rings. The second kappa shape index (κ2) is 5.25. The van der Waals surface area contributed by atoms with Gasteiger partial charge in [0.15, 0.2) is 0 Å². The summed E-state index contributed by atoms with van der Waals surface area (Å²) in [5, 5.41) is 0. The van der Waals surface area contributed by atoms with Crippen molar-refractivity contribution in [3.05, 3.63) is 60.2 Å². The number of methoxy groups -OCH3 is 1. The Balaban J connectivity index is 1.84. The van der Waals surface area contributed by atoms with Gasteiger partial charge in [0.2, 0.25) is 0 Å². The van der Waals surface area contributed by atoms with Gasteiger partial charge < -0.3 is 4.74 Å². The number of carbonyl (C=O) groups is 1. The highest BCUT2D eigenvalue weighted by Gasteiger charge is 2.25. The maximum Gasteiger partial charge on any atom is 0.330 e. The Morgan fingerprint density at radius 2 is 2.06 bits per heavy atom. The molecule has 1 aliphatic rings. The first-order valence-electron chi connectivity index (χ1n) is 5.37. The lowest BCUT2D eigenvalue weighted by atomic mass is 10.1. The number of carbonyl (C=O) groups excluding carboxylic acids is 1. The minimum Gasteiger partial charge on any atom is -0.466 e. The molecule has 0 spiro atoms. The minimum absolute atomic E-state index is 0.152. The van der Waals surface area contributed by atoms with Gasteiger partial charge in [-0.3, -0.25) is 4.99 Å². The van der Waals surface area contributed by atoms with Crippen molar-refractivity contribution < 1.29 is 9.53 Å². The zero-order chi connectivity index (χ0) is 12.1. The minimum atomic E-state index is -0.352. The van der Waals surface area contributed by atoms with Crippen LogP contribution in [-0.2, 0) is 9.53 Å². The number of nitrogens with zero attached hydrogens (tertiary/aromatic N) is 1. The number of aliphatic imine (C=N–C) groups is 1. The summed E-state index contributed by atoms with van der Waals surface area (Å²) in [6.45, 7) is 0. The Morgan fingerprint density at radius 3 is 2.76 bits per heavy atom. The summed E-state index contributed by atoms with van der Waals surface area (Å²) in [7, 11) is 1.36. The third-order valence-corrected chi connectivity index (χ3v) is 2.40. The average Bonchev–Trinajstić information content (AvgIpc) is 3.15. The lowest BCUT2D eigenvalue weighted by Crippen LogP contribution is -1.95. The van der Waals surface area contributed by atoms with E-state index in [2.05, 4.69) is 9.73 Å². The van der Waals surface area contributed by atoms with Crippen molar-refractivity contribution in [2.45, 2.75) is 6.04 Å². The molecular formula is C14H13NO2. The van der Waals surface area contributed by atoms with Crippen molar-refractivity contribution in [2.75, 3.05) is 7.11 Å². The molecule has 3 heteroatoms. The molecule has 0 saturated carbocycles. The lowest BCUT2D eigenvalue weighted by Gasteiger charge is -1.90. The number of hydrogen-bond donors (Lipinski definition) is 0. The van der Waals surface area contributed by atoms with Gasteiger partial charge in [0, 0.05) is 6.08 Å². The van der Waals surface area contributed by atoms with Gasteiger partial charge in [-0.2, -0.15) is 0 Å². The lowest BCUT2D eigenvalue weighted by molar-refractivity contribution is -0.134. The maximum atomic E-state index is 10.8. The molecule has 86 valence electrons. The summed E-state index contributed by atoms with van der Waals surface area (Å²) in [5.74, 6) is -0.352. The SMILES string of the molecule is COC(=O)/C=C/C=C/C1N=C1c1ccccc1. The average molecular weight is 227 g/mol. The molecule has 0 N–H and O–H groups in total. The summed E-state index contributed by atoms with van der Waals surface area (Å²) in [6, 6.07) is 10.2. The van der Waals surface area contributed by atoms with E-state index in [1.165, 1.54) is 13.2 Å². The number of allylic oxidation sites excluding steroid dienone is 2. The first kappa shape index (κ1) is 11.3. The van der Waals surface area contributed by atoms with E-state index in [0.29, 0.717) is 0 Å². The normalized spacial score (nSPS) is 18.4.